The van der Waals surface area contributed by atoms with Crippen LogP contribution in [0.15, 0.2) is 6.33 Å². The molecule has 0 radical (unpaired) electrons. The number of methoxy groups -OCH3 is 2. The fraction of sp³-hybridized carbons (Fsp3) is 0.692. The Labute approximate surface area is 108 Å². The lowest BCUT2D eigenvalue weighted by Gasteiger charge is -2.17. The first-order chi connectivity index (χ1) is 8.71. The van der Waals surface area contributed by atoms with E-state index in [1.807, 2.05) is 6.92 Å². The van der Waals surface area contributed by atoms with E-state index in [-0.39, 0.29) is 0 Å². The van der Waals surface area contributed by atoms with Gasteiger partial charge < -0.3 is 14.8 Å². The Morgan fingerprint density at radius 2 is 2.11 bits per heavy atom. The van der Waals surface area contributed by atoms with Crippen LogP contribution in [-0.4, -0.2) is 37.3 Å². The van der Waals surface area contributed by atoms with E-state index in [0.29, 0.717) is 11.3 Å². The van der Waals surface area contributed by atoms with Gasteiger partial charge in [0.1, 0.15) is 12.1 Å². The van der Waals surface area contributed by atoms with Crippen LogP contribution in [0.5, 0.6) is 5.88 Å². The van der Waals surface area contributed by atoms with Gasteiger partial charge in [-0.1, -0.05) is 0 Å². The third-order valence-electron chi connectivity index (χ3n) is 3.66. The van der Waals surface area contributed by atoms with E-state index in [2.05, 4.69) is 15.3 Å². The van der Waals surface area contributed by atoms with Crippen LogP contribution in [0.4, 0.5) is 5.82 Å². The molecule has 0 unspecified atom stereocenters. The van der Waals surface area contributed by atoms with Gasteiger partial charge in [0.15, 0.2) is 0 Å². The van der Waals surface area contributed by atoms with E-state index in [1.54, 1.807) is 14.2 Å². The molecule has 1 heterocycles. The van der Waals surface area contributed by atoms with Gasteiger partial charge in [-0.25, -0.2) is 9.97 Å². The van der Waals surface area contributed by atoms with Gasteiger partial charge in [0.25, 0.3) is 0 Å². The van der Waals surface area contributed by atoms with Crippen LogP contribution in [-0.2, 0) is 4.74 Å². The zero-order valence-corrected chi connectivity index (χ0v) is 11.3. The van der Waals surface area contributed by atoms with Crippen LogP contribution in [0.3, 0.4) is 0 Å². The van der Waals surface area contributed by atoms with Gasteiger partial charge in [-0.15, -0.1) is 0 Å². The van der Waals surface area contributed by atoms with E-state index < -0.39 is 0 Å². The van der Waals surface area contributed by atoms with Crippen molar-refractivity contribution < 1.29 is 9.47 Å². The van der Waals surface area contributed by atoms with Crippen molar-refractivity contribution in [1.29, 1.82) is 0 Å². The molecule has 1 saturated carbocycles. The van der Waals surface area contributed by atoms with E-state index in [1.165, 1.54) is 19.2 Å². The molecule has 0 spiro atoms. The second-order valence-electron chi connectivity index (χ2n) is 4.95. The molecule has 18 heavy (non-hydrogen) atoms. The lowest BCUT2D eigenvalue weighted by molar-refractivity contribution is 0.175. The van der Waals surface area contributed by atoms with Gasteiger partial charge in [0.05, 0.1) is 12.7 Å². The summed E-state index contributed by atoms with van der Waals surface area (Å²) in [6.07, 6.45) is 5.18. The molecule has 100 valence electrons. The van der Waals surface area contributed by atoms with Crippen molar-refractivity contribution in [3.05, 3.63) is 11.9 Å². The zero-order valence-electron chi connectivity index (χ0n) is 11.3. The van der Waals surface area contributed by atoms with Crippen molar-refractivity contribution in [2.45, 2.75) is 26.2 Å². The minimum Gasteiger partial charge on any atom is -0.481 e. The minimum absolute atomic E-state index is 0.403. The number of ether oxygens (including phenoxy) is 2. The molecule has 0 aromatic carbocycles. The second-order valence-corrected chi connectivity index (χ2v) is 4.95. The first-order valence-corrected chi connectivity index (χ1v) is 6.29. The molecule has 1 fully saturated rings. The maximum Gasteiger partial charge on any atom is 0.221 e. The number of hydrogen-bond donors (Lipinski definition) is 1. The summed E-state index contributed by atoms with van der Waals surface area (Å²) in [5.74, 6) is 1.50. The summed E-state index contributed by atoms with van der Waals surface area (Å²) in [7, 11) is 3.38. The molecule has 0 saturated heterocycles. The predicted octanol–water partition coefficient (Wildman–Crippen LogP) is 2.02. The number of nitrogens with one attached hydrogen (secondary N) is 1. The number of nitrogens with zero attached hydrogens (tertiary/aromatic N) is 2. The summed E-state index contributed by atoms with van der Waals surface area (Å²) in [6.45, 7) is 3.74. The molecule has 5 heteroatoms. The summed E-state index contributed by atoms with van der Waals surface area (Å²) in [4.78, 5) is 8.34. The molecule has 0 aliphatic heterocycles. The number of aromatic nitrogens is 2. The lowest BCUT2D eigenvalue weighted by atomic mass is 10.0. The predicted molar refractivity (Wildman–Crippen MR) is 70.0 cm³/mol. The highest BCUT2D eigenvalue weighted by atomic mass is 16.5. The molecule has 5 nitrogen and oxygen atoms in total. The second kappa shape index (κ2) is 5.52. The fourth-order valence-corrected chi connectivity index (χ4v) is 2.10. The van der Waals surface area contributed by atoms with E-state index in [9.17, 15) is 0 Å². The smallest absolute Gasteiger partial charge is 0.221 e. The monoisotopic (exact) mass is 251 g/mol. The Kier molecular flexibility index (Phi) is 4.01. The highest BCUT2D eigenvalue weighted by Gasteiger charge is 2.41. The van der Waals surface area contributed by atoms with Gasteiger partial charge >= 0.3 is 0 Å². The molecule has 0 bridgehead atoms. The topological polar surface area (TPSA) is 56.3 Å². The van der Waals surface area contributed by atoms with Crippen LogP contribution in [0.2, 0.25) is 0 Å². The summed E-state index contributed by atoms with van der Waals surface area (Å²) < 4.78 is 10.3. The lowest BCUT2D eigenvalue weighted by Crippen LogP contribution is -2.18. The molecule has 1 aromatic heterocycles. The average molecular weight is 251 g/mol. The highest BCUT2D eigenvalue weighted by molar-refractivity contribution is 5.47. The maximum absolute atomic E-state index is 5.19. The summed E-state index contributed by atoms with van der Waals surface area (Å²) in [5, 5.41) is 3.41. The van der Waals surface area contributed by atoms with Crippen molar-refractivity contribution in [1.82, 2.24) is 9.97 Å². The Balaban J connectivity index is 1.94. The molecule has 1 aliphatic rings. The van der Waals surface area contributed by atoms with Crippen molar-refractivity contribution >= 4 is 5.82 Å². The summed E-state index contributed by atoms with van der Waals surface area (Å²) in [5.41, 5.74) is 1.36. The number of rotatable bonds is 7. The Morgan fingerprint density at radius 3 is 2.72 bits per heavy atom. The van der Waals surface area contributed by atoms with Gasteiger partial charge in [-0.05, 0) is 31.6 Å². The average Bonchev–Trinajstić information content (AvgIpc) is 3.16. The Morgan fingerprint density at radius 1 is 1.33 bits per heavy atom. The first-order valence-electron chi connectivity index (χ1n) is 6.29. The van der Waals surface area contributed by atoms with Crippen molar-refractivity contribution in [3.8, 4) is 5.88 Å². The van der Waals surface area contributed by atoms with E-state index in [0.717, 1.165) is 31.0 Å². The SMILES string of the molecule is COCCC1(CNc2ncnc(OC)c2C)CC1. The molecule has 2 rings (SSSR count). The largest absolute Gasteiger partial charge is 0.481 e. The molecular formula is C13H21N3O2. The van der Waals surface area contributed by atoms with Crippen LogP contribution in [0, 0.1) is 12.3 Å². The molecule has 1 N–H and O–H groups in total. The Hall–Kier alpha value is -1.36. The van der Waals surface area contributed by atoms with Gasteiger partial charge in [0.2, 0.25) is 5.88 Å². The van der Waals surface area contributed by atoms with Crippen molar-refractivity contribution in [2.75, 3.05) is 32.7 Å². The third kappa shape index (κ3) is 2.90. The molecule has 1 aromatic rings. The minimum atomic E-state index is 0.403. The van der Waals surface area contributed by atoms with Gasteiger partial charge in [-0.3, -0.25) is 0 Å². The normalized spacial score (nSPS) is 16.4. The third-order valence-corrected chi connectivity index (χ3v) is 3.66. The van der Waals surface area contributed by atoms with Crippen LogP contribution < -0.4 is 10.1 Å². The van der Waals surface area contributed by atoms with Gasteiger partial charge in [0, 0.05) is 20.3 Å². The van der Waals surface area contributed by atoms with E-state index >= 15 is 0 Å². The van der Waals surface area contributed by atoms with Gasteiger partial charge in [-0.2, -0.15) is 0 Å². The molecule has 0 amide bonds. The summed E-state index contributed by atoms with van der Waals surface area (Å²) >= 11 is 0. The van der Waals surface area contributed by atoms with Crippen molar-refractivity contribution in [2.24, 2.45) is 5.41 Å². The Bertz CT molecular complexity index is 405. The van der Waals surface area contributed by atoms with Crippen LogP contribution in [0.25, 0.3) is 0 Å². The zero-order chi connectivity index (χ0) is 13.0. The molecule has 1 aliphatic carbocycles. The standard InChI is InChI=1S/C13H21N3O2/c1-10-11(15-9-16-12(10)18-3)14-8-13(4-5-13)6-7-17-2/h9H,4-8H2,1-3H3,(H,14,15,16). The van der Waals surface area contributed by atoms with E-state index in [4.69, 9.17) is 9.47 Å². The van der Waals surface area contributed by atoms with Crippen LogP contribution >= 0.6 is 0 Å². The molecule has 0 atom stereocenters. The number of anilines is 1. The van der Waals surface area contributed by atoms with Crippen molar-refractivity contribution in [3.63, 3.8) is 0 Å². The quantitative estimate of drug-likeness (QED) is 0.803. The fourth-order valence-electron chi connectivity index (χ4n) is 2.10. The molecular weight excluding hydrogens is 230 g/mol. The first kappa shape index (κ1) is 13.1. The van der Waals surface area contributed by atoms with Crippen LogP contribution in [0.1, 0.15) is 24.8 Å². The summed E-state index contributed by atoms with van der Waals surface area (Å²) in [6, 6.07) is 0. The maximum atomic E-state index is 5.19. The highest BCUT2D eigenvalue weighted by Crippen LogP contribution is 2.48. The number of hydrogen-bond acceptors (Lipinski definition) is 5.